The van der Waals surface area contributed by atoms with E-state index in [-0.39, 0.29) is 5.91 Å². The summed E-state index contributed by atoms with van der Waals surface area (Å²) in [7, 11) is 0. The van der Waals surface area contributed by atoms with Gasteiger partial charge in [0.25, 0.3) is 5.91 Å². The molecule has 0 bridgehead atoms. The molecule has 1 aromatic heterocycles. The lowest BCUT2D eigenvalue weighted by atomic mass is 9.92. The van der Waals surface area contributed by atoms with Crippen LogP contribution in [0.25, 0.3) is 0 Å². The number of benzene rings is 1. The van der Waals surface area contributed by atoms with Gasteiger partial charge in [-0.2, -0.15) is 0 Å². The van der Waals surface area contributed by atoms with E-state index in [1.165, 1.54) is 11.8 Å². The van der Waals surface area contributed by atoms with Gasteiger partial charge in [0.15, 0.2) is 0 Å². The normalized spacial score (nSPS) is 22.5. The van der Waals surface area contributed by atoms with Crippen LogP contribution in [0, 0.1) is 0 Å². The van der Waals surface area contributed by atoms with Crippen molar-refractivity contribution in [1.29, 1.82) is 0 Å². The third-order valence-electron chi connectivity index (χ3n) is 4.76. The summed E-state index contributed by atoms with van der Waals surface area (Å²) in [5, 5.41) is 19.6. The second-order valence-corrected chi connectivity index (χ2v) is 8.31. The Labute approximate surface area is 164 Å². The van der Waals surface area contributed by atoms with Crippen molar-refractivity contribution in [3.8, 4) is 0 Å². The van der Waals surface area contributed by atoms with Crippen molar-refractivity contribution in [3.05, 3.63) is 29.8 Å². The topological polar surface area (TPSA) is 131 Å². The quantitative estimate of drug-likeness (QED) is 0.489. The van der Waals surface area contributed by atoms with Crippen molar-refractivity contribution in [2.45, 2.75) is 48.7 Å². The smallest absolute Gasteiger partial charge is 0.322 e. The Bertz CT molecular complexity index is 958. The van der Waals surface area contributed by atoms with Crippen LogP contribution in [0.2, 0.25) is 0 Å². The number of tetrazole rings is 1. The third kappa shape index (κ3) is 3.44. The highest BCUT2D eigenvalue weighted by Crippen LogP contribution is 2.37. The Kier molecular flexibility index (Phi) is 4.53. The molecule has 2 aliphatic rings. The summed E-state index contributed by atoms with van der Waals surface area (Å²) in [5.74, 6) is -0.644. The Morgan fingerprint density at radius 1 is 1.39 bits per heavy atom. The number of urea groups is 1. The van der Waals surface area contributed by atoms with Crippen molar-refractivity contribution in [2.75, 3.05) is 5.32 Å². The second-order valence-electron chi connectivity index (χ2n) is 7.00. The highest BCUT2D eigenvalue weighted by Gasteiger charge is 2.43. The molecule has 4 rings (SSSR count). The molecule has 11 heteroatoms. The zero-order valence-electron chi connectivity index (χ0n) is 15.3. The van der Waals surface area contributed by atoms with Crippen LogP contribution >= 0.6 is 11.8 Å². The highest BCUT2D eigenvalue weighted by molar-refractivity contribution is 8.00. The van der Waals surface area contributed by atoms with Crippen LogP contribution in [0.15, 0.2) is 29.4 Å². The number of nitrogens with one attached hydrogen (secondary N) is 3. The van der Waals surface area contributed by atoms with Gasteiger partial charge >= 0.3 is 6.03 Å². The second kappa shape index (κ2) is 6.89. The van der Waals surface area contributed by atoms with E-state index in [0.29, 0.717) is 22.4 Å². The van der Waals surface area contributed by atoms with Crippen molar-refractivity contribution in [1.82, 2.24) is 30.8 Å². The number of nitrogens with zero attached hydrogens (tertiary/aromatic N) is 4. The molecule has 0 radical (unpaired) electrons. The van der Waals surface area contributed by atoms with Crippen LogP contribution in [-0.4, -0.2) is 43.3 Å². The Morgan fingerprint density at radius 2 is 2.18 bits per heavy atom. The van der Waals surface area contributed by atoms with E-state index < -0.39 is 22.7 Å². The summed E-state index contributed by atoms with van der Waals surface area (Å²) in [6.07, 6.45) is 2.10. The van der Waals surface area contributed by atoms with Gasteiger partial charge < -0.3 is 10.6 Å². The summed E-state index contributed by atoms with van der Waals surface area (Å²) in [6, 6.07) is 6.64. The molecule has 2 atom stereocenters. The largest absolute Gasteiger partial charge is 0.325 e. The Hall–Kier alpha value is -2.95. The molecule has 2 heterocycles. The summed E-state index contributed by atoms with van der Waals surface area (Å²) < 4.78 is 1.76. The lowest BCUT2D eigenvalue weighted by Crippen LogP contribution is -2.40. The fraction of sp³-hybridized carbons (Fsp3) is 0.412. The number of carbonyl (C=O) groups excluding carboxylic acids is 3. The van der Waals surface area contributed by atoms with Gasteiger partial charge in [-0.05, 0) is 54.8 Å². The molecule has 2 unspecified atom stereocenters. The summed E-state index contributed by atoms with van der Waals surface area (Å²) >= 11 is 1.30. The van der Waals surface area contributed by atoms with E-state index >= 15 is 0 Å². The SMILES string of the molecule is CC(Sc1nnnn1C1CC1)C(=O)Nc1cccc(C2(C)NC(=O)NC2=O)c1. The zero-order chi connectivity index (χ0) is 19.9. The average Bonchev–Trinajstić information content (AvgIpc) is 3.33. The number of hydrogen-bond acceptors (Lipinski definition) is 7. The summed E-state index contributed by atoms with van der Waals surface area (Å²) in [4.78, 5) is 36.2. The molecule has 1 aliphatic heterocycles. The van der Waals surface area contributed by atoms with Gasteiger partial charge in [0.1, 0.15) is 5.54 Å². The minimum absolute atomic E-state index is 0.211. The van der Waals surface area contributed by atoms with Crippen LogP contribution in [0.1, 0.15) is 38.3 Å². The first kappa shape index (κ1) is 18.4. The maximum atomic E-state index is 12.6. The van der Waals surface area contributed by atoms with E-state index in [1.807, 2.05) is 0 Å². The molecule has 146 valence electrons. The fourth-order valence-corrected chi connectivity index (χ4v) is 3.78. The zero-order valence-corrected chi connectivity index (χ0v) is 16.1. The highest BCUT2D eigenvalue weighted by atomic mass is 32.2. The number of amides is 4. The number of thioether (sulfide) groups is 1. The van der Waals surface area contributed by atoms with Crippen molar-refractivity contribution in [2.24, 2.45) is 0 Å². The molecule has 1 saturated heterocycles. The van der Waals surface area contributed by atoms with Crippen molar-refractivity contribution < 1.29 is 14.4 Å². The minimum atomic E-state index is -1.18. The van der Waals surface area contributed by atoms with Crippen LogP contribution in [-0.2, 0) is 15.1 Å². The van der Waals surface area contributed by atoms with Gasteiger partial charge in [0.05, 0.1) is 11.3 Å². The Balaban J connectivity index is 1.45. The number of imide groups is 1. The molecule has 1 aromatic carbocycles. The van der Waals surface area contributed by atoms with E-state index in [9.17, 15) is 14.4 Å². The van der Waals surface area contributed by atoms with Crippen LogP contribution in [0.3, 0.4) is 0 Å². The molecule has 2 aromatic rings. The minimum Gasteiger partial charge on any atom is -0.325 e. The molecular formula is C17H19N7O3S. The molecule has 10 nitrogen and oxygen atoms in total. The van der Waals surface area contributed by atoms with Gasteiger partial charge in [-0.15, -0.1) is 5.10 Å². The van der Waals surface area contributed by atoms with Gasteiger partial charge in [0.2, 0.25) is 11.1 Å². The predicted molar refractivity (Wildman–Crippen MR) is 101 cm³/mol. The van der Waals surface area contributed by atoms with Crippen LogP contribution in [0.5, 0.6) is 0 Å². The molecule has 28 heavy (non-hydrogen) atoms. The first-order valence-electron chi connectivity index (χ1n) is 8.86. The van der Waals surface area contributed by atoms with E-state index in [0.717, 1.165) is 12.8 Å². The number of rotatable bonds is 6. The first-order valence-corrected chi connectivity index (χ1v) is 9.74. The number of hydrogen-bond donors (Lipinski definition) is 3. The van der Waals surface area contributed by atoms with Crippen LogP contribution in [0.4, 0.5) is 10.5 Å². The maximum Gasteiger partial charge on any atom is 0.322 e. The number of aromatic nitrogens is 4. The van der Waals surface area contributed by atoms with Gasteiger partial charge in [-0.1, -0.05) is 23.9 Å². The fourth-order valence-electron chi connectivity index (χ4n) is 2.92. The van der Waals surface area contributed by atoms with Crippen molar-refractivity contribution in [3.63, 3.8) is 0 Å². The monoisotopic (exact) mass is 401 g/mol. The number of anilines is 1. The van der Waals surface area contributed by atoms with Crippen LogP contribution < -0.4 is 16.0 Å². The van der Waals surface area contributed by atoms with Gasteiger partial charge in [0, 0.05) is 5.69 Å². The lowest BCUT2D eigenvalue weighted by molar-refractivity contribution is -0.123. The van der Waals surface area contributed by atoms with E-state index in [4.69, 9.17) is 0 Å². The molecule has 0 spiro atoms. The molecule has 2 fully saturated rings. The number of carbonyl (C=O) groups is 3. The van der Waals surface area contributed by atoms with E-state index in [2.05, 4.69) is 31.5 Å². The van der Waals surface area contributed by atoms with Gasteiger partial charge in [-0.3, -0.25) is 14.9 Å². The third-order valence-corrected chi connectivity index (χ3v) is 5.81. The molecule has 3 N–H and O–H groups in total. The summed E-state index contributed by atoms with van der Waals surface area (Å²) in [6.45, 7) is 3.39. The van der Waals surface area contributed by atoms with Crippen molar-refractivity contribution >= 4 is 35.3 Å². The molecule has 1 saturated carbocycles. The molecular weight excluding hydrogens is 382 g/mol. The van der Waals surface area contributed by atoms with Gasteiger partial charge in [-0.25, -0.2) is 9.48 Å². The lowest BCUT2D eigenvalue weighted by Gasteiger charge is -2.22. The first-order chi connectivity index (χ1) is 13.4. The maximum absolute atomic E-state index is 12.6. The molecule has 1 aliphatic carbocycles. The Morgan fingerprint density at radius 3 is 2.86 bits per heavy atom. The van der Waals surface area contributed by atoms with E-state index in [1.54, 1.807) is 42.8 Å². The molecule has 4 amide bonds. The standard InChI is InChI=1S/C17H19N7O3S/c1-9(28-16-21-22-23-24(16)12-6-7-12)13(25)18-11-5-3-4-10(8-11)17(2)14(26)19-15(27)20-17/h3-5,8-9,12H,6-7H2,1-2H3,(H,18,25)(H2,19,20,26,27). The predicted octanol–water partition coefficient (Wildman–Crippen LogP) is 1.18. The summed E-state index contributed by atoms with van der Waals surface area (Å²) in [5.41, 5.74) is -0.0663. The average molecular weight is 401 g/mol.